The van der Waals surface area contributed by atoms with E-state index in [0.717, 1.165) is 5.57 Å². The quantitative estimate of drug-likeness (QED) is 0.532. The summed E-state index contributed by atoms with van der Waals surface area (Å²) in [6.45, 7) is 3.46. The fourth-order valence-electron chi connectivity index (χ4n) is 0.387. The molecule has 0 aliphatic carbocycles. The maximum Gasteiger partial charge on any atom is 0.336 e. The van der Waals surface area contributed by atoms with Gasteiger partial charge in [0, 0.05) is 0 Å². The highest BCUT2D eigenvalue weighted by Crippen LogP contribution is 1.93. The Morgan fingerprint density at radius 1 is 1.56 bits per heavy atom. The maximum absolute atomic E-state index is 9.94. The highest BCUT2D eigenvalue weighted by Gasteiger charge is 2.07. The van der Waals surface area contributed by atoms with E-state index in [-0.39, 0.29) is 0 Å². The molecule has 0 unspecified atom stereocenters. The van der Waals surface area contributed by atoms with Crippen LogP contribution in [0, 0.1) is 0 Å². The van der Waals surface area contributed by atoms with Crippen LogP contribution in [0.15, 0.2) is 11.6 Å². The number of allylic oxidation sites excluding steroid dienone is 1. The van der Waals surface area contributed by atoms with E-state index in [9.17, 15) is 4.79 Å². The lowest BCUT2D eigenvalue weighted by molar-refractivity contribution is -0.144. The van der Waals surface area contributed by atoms with Crippen molar-refractivity contribution in [2.45, 2.75) is 20.0 Å². The SMILES string of the molecule is CC(C)=C[C@@H](O)C(=O)O. The van der Waals surface area contributed by atoms with Gasteiger partial charge >= 0.3 is 5.97 Å². The fourth-order valence-corrected chi connectivity index (χ4v) is 0.387. The van der Waals surface area contributed by atoms with E-state index in [1.807, 2.05) is 0 Å². The first-order valence-electron chi connectivity index (χ1n) is 2.60. The smallest absolute Gasteiger partial charge is 0.336 e. The summed E-state index contributed by atoms with van der Waals surface area (Å²) in [5.74, 6) is -1.21. The molecule has 0 aromatic rings. The van der Waals surface area contributed by atoms with Crippen LogP contribution in [0.5, 0.6) is 0 Å². The molecule has 0 aliphatic heterocycles. The van der Waals surface area contributed by atoms with Crippen LogP contribution in [-0.4, -0.2) is 22.3 Å². The zero-order valence-corrected chi connectivity index (χ0v) is 5.46. The molecule has 3 nitrogen and oxygen atoms in total. The van der Waals surface area contributed by atoms with E-state index < -0.39 is 12.1 Å². The molecule has 2 N–H and O–H groups in total. The van der Waals surface area contributed by atoms with Crippen molar-refractivity contribution in [2.24, 2.45) is 0 Å². The summed E-state index contributed by atoms with van der Waals surface area (Å²) >= 11 is 0. The van der Waals surface area contributed by atoms with E-state index in [4.69, 9.17) is 10.2 Å². The second-order valence-corrected chi connectivity index (χ2v) is 2.03. The van der Waals surface area contributed by atoms with Crippen molar-refractivity contribution in [2.75, 3.05) is 0 Å². The van der Waals surface area contributed by atoms with Gasteiger partial charge in [0.05, 0.1) is 0 Å². The Morgan fingerprint density at radius 3 is 2.11 bits per heavy atom. The minimum absolute atomic E-state index is 0.796. The molecule has 0 bridgehead atoms. The monoisotopic (exact) mass is 130 g/mol. The van der Waals surface area contributed by atoms with Gasteiger partial charge in [0.15, 0.2) is 6.10 Å². The largest absolute Gasteiger partial charge is 0.479 e. The van der Waals surface area contributed by atoms with Gasteiger partial charge in [-0.3, -0.25) is 0 Å². The minimum Gasteiger partial charge on any atom is -0.479 e. The lowest BCUT2D eigenvalue weighted by Gasteiger charge is -1.96. The van der Waals surface area contributed by atoms with Crippen molar-refractivity contribution in [3.63, 3.8) is 0 Å². The van der Waals surface area contributed by atoms with Crippen LogP contribution in [0.2, 0.25) is 0 Å². The van der Waals surface area contributed by atoms with Crippen LogP contribution in [0.25, 0.3) is 0 Å². The molecular formula is C6H10O3. The van der Waals surface area contributed by atoms with Gasteiger partial charge in [-0.1, -0.05) is 5.57 Å². The Balaban J connectivity index is 3.91. The molecule has 0 fully saturated rings. The Labute approximate surface area is 53.6 Å². The van der Waals surface area contributed by atoms with Crippen molar-refractivity contribution >= 4 is 5.97 Å². The average Bonchev–Trinajstić information content (AvgIpc) is 1.63. The first-order valence-corrected chi connectivity index (χ1v) is 2.60. The molecule has 0 spiro atoms. The van der Waals surface area contributed by atoms with Gasteiger partial charge in [-0.2, -0.15) is 0 Å². The third-order valence-electron chi connectivity index (χ3n) is 0.744. The maximum atomic E-state index is 9.94. The molecular weight excluding hydrogens is 120 g/mol. The third-order valence-corrected chi connectivity index (χ3v) is 0.744. The highest BCUT2D eigenvalue weighted by atomic mass is 16.4. The van der Waals surface area contributed by atoms with Crippen LogP contribution in [0.3, 0.4) is 0 Å². The molecule has 0 aliphatic rings. The van der Waals surface area contributed by atoms with Crippen LogP contribution in [0.1, 0.15) is 13.8 Å². The third kappa shape index (κ3) is 3.73. The first-order chi connectivity index (χ1) is 4.04. The van der Waals surface area contributed by atoms with E-state index in [1.54, 1.807) is 13.8 Å². The molecule has 0 saturated carbocycles. The number of hydrogen-bond donors (Lipinski definition) is 2. The first kappa shape index (κ1) is 8.17. The number of rotatable bonds is 2. The summed E-state index contributed by atoms with van der Waals surface area (Å²) in [5, 5.41) is 16.8. The molecule has 1 atom stereocenters. The van der Waals surface area contributed by atoms with Crippen molar-refractivity contribution < 1.29 is 15.0 Å². The van der Waals surface area contributed by atoms with Crippen LogP contribution >= 0.6 is 0 Å². The molecule has 52 valence electrons. The second-order valence-electron chi connectivity index (χ2n) is 2.03. The van der Waals surface area contributed by atoms with Gasteiger partial charge in [-0.25, -0.2) is 4.79 Å². The van der Waals surface area contributed by atoms with E-state index in [2.05, 4.69) is 0 Å². The number of carboxylic acid groups (broad SMARTS) is 1. The Hall–Kier alpha value is -0.830. The fraction of sp³-hybridized carbons (Fsp3) is 0.500. The average molecular weight is 130 g/mol. The number of aliphatic hydroxyl groups is 1. The molecule has 3 heteroatoms. The molecule has 0 amide bonds. The summed E-state index contributed by atoms with van der Waals surface area (Å²) in [5.41, 5.74) is 0.796. The minimum atomic E-state index is -1.35. The number of carbonyl (C=O) groups is 1. The van der Waals surface area contributed by atoms with Crippen LogP contribution < -0.4 is 0 Å². The molecule has 9 heavy (non-hydrogen) atoms. The van der Waals surface area contributed by atoms with E-state index in [1.165, 1.54) is 6.08 Å². The van der Waals surface area contributed by atoms with Gasteiger partial charge in [-0.05, 0) is 19.9 Å². The zero-order valence-electron chi connectivity index (χ0n) is 5.46. The van der Waals surface area contributed by atoms with Gasteiger partial charge in [0.2, 0.25) is 0 Å². The van der Waals surface area contributed by atoms with Gasteiger partial charge in [0.1, 0.15) is 0 Å². The number of hydrogen-bond acceptors (Lipinski definition) is 2. The van der Waals surface area contributed by atoms with Crippen LogP contribution in [-0.2, 0) is 4.79 Å². The van der Waals surface area contributed by atoms with Gasteiger partial charge in [-0.15, -0.1) is 0 Å². The van der Waals surface area contributed by atoms with Crippen molar-refractivity contribution in [1.82, 2.24) is 0 Å². The van der Waals surface area contributed by atoms with Gasteiger partial charge in [0.25, 0.3) is 0 Å². The summed E-state index contributed by atoms with van der Waals surface area (Å²) in [6, 6.07) is 0. The Kier molecular flexibility index (Phi) is 2.95. The number of aliphatic carboxylic acids is 1. The summed E-state index contributed by atoms with van der Waals surface area (Å²) < 4.78 is 0. The molecule has 0 radical (unpaired) electrons. The number of carboxylic acids is 1. The summed E-state index contributed by atoms with van der Waals surface area (Å²) in [4.78, 5) is 9.94. The van der Waals surface area contributed by atoms with Crippen LogP contribution in [0.4, 0.5) is 0 Å². The molecule has 0 saturated heterocycles. The van der Waals surface area contributed by atoms with E-state index in [0.29, 0.717) is 0 Å². The molecule has 0 heterocycles. The molecule has 0 aromatic carbocycles. The Bertz CT molecular complexity index is 133. The van der Waals surface area contributed by atoms with Gasteiger partial charge < -0.3 is 10.2 Å². The summed E-state index contributed by atoms with van der Waals surface area (Å²) in [6.07, 6.45) is -0.0718. The topological polar surface area (TPSA) is 57.5 Å². The van der Waals surface area contributed by atoms with Crippen molar-refractivity contribution in [3.8, 4) is 0 Å². The van der Waals surface area contributed by atoms with Crippen molar-refractivity contribution in [1.29, 1.82) is 0 Å². The predicted molar refractivity (Wildman–Crippen MR) is 33.1 cm³/mol. The lowest BCUT2D eigenvalue weighted by atomic mass is 10.2. The second kappa shape index (κ2) is 3.25. The molecule has 0 rings (SSSR count). The highest BCUT2D eigenvalue weighted by molar-refractivity contribution is 5.74. The standard InChI is InChI=1S/C6H10O3/c1-4(2)3-5(7)6(8)9/h3,5,7H,1-2H3,(H,8,9)/t5-/m1/s1. The summed E-state index contributed by atoms with van der Waals surface area (Å²) in [7, 11) is 0. The normalized spacial score (nSPS) is 12.3. The predicted octanol–water partition coefficient (Wildman–Crippen LogP) is 0.398. The zero-order chi connectivity index (χ0) is 7.44. The number of aliphatic hydroxyl groups excluding tert-OH is 1. The lowest BCUT2D eigenvalue weighted by Crippen LogP contribution is -2.16. The van der Waals surface area contributed by atoms with E-state index >= 15 is 0 Å². The van der Waals surface area contributed by atoms with Crippen molar-refractivity contribution in [3.05, 3.63) is 11.6 Å². The Morgan fingerprint density at radius 2 is 2.00 bits per heavy atom. The molecule has 0 aromatic heterocycles.